The first-order valence-corrected chi connectivity index (χ1v) is 6.77. The average molecular weight is 306 g/mol. The lowest BCUT2D eigenvalue weighted by molar-refractivity contribution is 0.0602. The molecule has 0 saturated carbocycles. The highest BCUT2D eigenvalue weighted by Crippen LogP contribution is 2.27. The summed E-state index contributed by atoms with van der Waals surface area (Å²) in [5.74, 6) is 0.315. The Morgan fingerprint density at radius 2 is 1.90 bits per heavy atom. The maximum Gasteiger partial charge on any atom is 0.339 e. The minimum absolute atomic E-state index is 0.385. The highest BCUT2D eigenvalue weighted by Gasteiger charge is 2.12. The molecule has 0 amide bonds. The van der Waals surface area contributed by atoms with Gasteiger partial charge < -0.3 is 14.8 Å². The van der Waals surface area contributed by atoms with Crippen LogP contribution in [0.15, 0.2) is 42.5 Å². The molecule has 0 aromatic heterocycles. The van der Waals surface area contributed by atoms with Gasteiger partial charge in [-0.3, -0.25) is 0 Å². The van der Waals surface area contributed by atoms with Crippen molar-refractivity contribution in [1.82, 2.24) is 0 Å². The normalized spacial score (nSPS) is 10.0. The summed E-state index contributed by atoms with van der Waals surface area (Å²) >= 11 is 6.19. The lowest BCUT2D eigenvalue weighted by atomic mass is 10.1. The number of carbonyl (C=O) groups is 1. The average Bonchev–Trinajstić information content (AvgIpc) is 2.53. The van der Waals surface area contributed by atoms with Gasteiger partial charge in [0.25, 0.3) is 0 Å². The molecule has 2 aromatic rings. The number of hydrogen-bond acceptors (Lipinski definition) is 4. The third-order valence-corrected chi connectivity index (χ3v) is 3.44. The van der Waals surface area contributed by atoms with Gasteiger partial charge >= 0.3 is 5.97 Å². The SMILES string of the molecule is COC(=O)c1ccccc1NCc1c(Cl)cccc1OC. The van der Waals surface area contributed by atoms with Crippen molar-refractivity contribution in [2.75, 3.05) is 19.5 Å². The van der Waals surface area contributed by atoms with Gasteiger partial charge in [0.15, 0.2) is 0 Å². The van der Waals surface area contributed by atoms with Crippen molar-refractivity contribution >= 4 is 23.3 Å². The molecule has 0 unspecified atom stereocenters. The molecule has 0 aliphatic carbocycles. The first-order chi connectivity index (χ1) is 10.2. The number of carbonyl (C=O) groups excluding carboxylic acids is 1. The molecule has 0 saturated heterocycles. The summed E-state index contributed by atoms with van der Waals surface area (Å²) in [6, 6.07) is 12.6. The van der Waals surface area contributed by atoms with Gasteiger partial charge in [-0.2, -0.15) is 0 Å². The fourth-order valence-electron chi connectivity index (χ4n) is 2.01. The van der Waals surface area contributed by atoms with Crippen LogP contribution in [0.25, 0.3) is 0 Å². The molecule has 0 aliphatic rings. The fourth-order valence-corrected chi connectivity index (χ4v) is 2.24. The zero-order valence-corrected chi connectivity index (χ0v) is 12.6. The Labute approximate surface area is 128 Å². The van der Waals surface area contributed by atoms with E-state index in [1.807, 2.05) is 24.3 Å². The molecule has 2 rings (SSSR count). The molecule has 0 heterocycles. The van der Waals surface area contributed by atoms with Gasteiger partial charge in [-0.15, -0.1) is 0 Å². The van der Waals surface area contributed by atoms with Gasteiger partial charge in [-0.1, -0.05) is 29.8 Å². The van der Waals surface area contributed by atoms with Crippen molar-refractivity contribution in [2.45, 2.75) is 6.54 Å². The van der Waals surface area contributed by atoms with E-state index in [1.165, 1.54) is 7.11 Å². The van der Waals surface area contributed by atoms with E-state index in [9.17, 15) is 4.79 Å². The number of nitrogens with one attached hydrogen (secondary N) is 1. The standard InChI is InChI=1S/C16H16ClNO3/c1-20-15-9-5-7-13(17)12(15)10-18-14-8-4-3-6-11(14)16(19)21-2/h3-9,18H,10H2,1-2H3. The van der Waals surface area contributed by atoms with E-state index in [-0.39, 0.29) is 5.97 Å². The van der Waals surface area contributed by atoms with Crippen LogP contribution in [-0.4, -0.2) is 20.2 Å². The molecule has 110 valence electrons. The van der Waals surface area contributed by atoms with Crippen molar-refractivity contribution in [3.8, 4) is 5.75 Å². The predicted molar refractivity (Wildman–Crippen MR) is 83.1 cm³/mol. The molecular formula is C16H16ClNO3. The largest absolute Gasteiger partial charge is 0.496 e. The summed E-state index contributed by atoms with van der Waals surface area (Å²) in [6.07, 6.45) is 0. The number of anilines is 1. The second kappa shape index (κ2) is 6.99. The molecule has 0 fully saturated rings. The quantitative estimate of drug-likeness (QED) is 0.855. The van der Waals surface area contributed by atoms with Crippen molar-refractivity contribution in [1.29, 1.82) is 0 Å². The Hall–Kier alpha value is -2.20. The number of hydrogen-bond donors (Lipinski definition) is 1. The van der Waals surface area contributed by atoms with Crippen LogP contribution in [0.4, 0.5) is 5.69 Å². The summed E-state index contributed by atoms with van der Waals surface area (Å²) in [7, 11) is 2.95. The number of para-hydroxylation sites is 1. The molecule has 1 N–H and O–H groups in total. The van der Waals surface area contributed by atoms with E-state index < -0.39 is 0 Å². The highest BCUT2D eigenvalue weighted by molar-refractivity contribution is 6.31. The van der Waals surface area contributed by atoms with Crippen LogP contribution in [0.1, 0.15) is 15.9 Å². The number of halogens is 1. The number of ether oxygens (including phenoxy) is 2. The maximum atomic E-state index is 11.7. The second-order valence-electron chi connectivity index (χ2n) is 4.31. The molecular weight excluding hydrogens is 290 g/mol. The third-order valence-electron chi connectivity index (χ3n) is 3.08. The van der Waals surface area contributed by atoms with E-state index in [4.69, 9.17) is 21.1 Å². The molecule has 0 radical (unpaired) electrons. The van der Waals surface area contributed by atoms with E-state index in [0.717, 1.165) is 5.56 Å². The van der Waals surface area contributed by atoms with Crippen LogP contribution in [-0.2, 0) is 11.3 Å². The third kappa shape index (κ3) is 3.47. The second-order valence-corrected chi connectivity index (χ2v) is 4.72. The summed E-state index contributed by atoms with van der Waals surface area (Å²) in [4.78, 5) is 11.7. The molecule has 5 heteroatoms. The Morgan fingerprint density at radius 3 is 2.62 bits per heavy atom. The summed E-state index contributed by atoms with van der Waals surface area (Å²) < 4.78 is 10.1. The smallest absolute Gasteiger partial charge is 0.339 e. The minimum Gasteiger partial charge on any atom is -0.496 e. The van der Waals surface area contributed by atoms with E-state index >= 15 is 0 Å². The van der Waals surface area contributed by atoms with Crippen LogP contribution >= 0.6 is 11.6 Å². The number of methoxy groups -OCH3 is 2. The van der Waals surface area contributed by atoms with Crippen molar-refractivity contribution < 1.29 is 14.3 Å². The van der Waals surface area contributed by atoms with Crippen LogP contribution in [0.3, 0.4) is 0 Å². The topological polar surface area (TPSA) is 47.6 Å². The van der Waals surface area contributed by atoms with Crippen molar-refractivity contribution in [2.24, 2.45) is 0 Å². The van der Waals surface area contributed by atoms with Gasteiger partial charge in [0.1, 0.15) is 5.75 Å². The zero-order chi connectivity index (χ0) is 15.2. The van der Waals surface area contributed by atoms with Crippen LogP contribution in [0.5, 0.6) is 5.75 Å². The van der Waals surface area contributed by atoms with Gasteiger partial charge in [0, 0.05) is 22.8 Å². The summed E-state index contributed by atoms with van der Waals surface area (Å²) in [5, 5.41) is 3.80. The number of rotatable bonds is 5. The fraction of sp³-hybridized carbons (Fsp3) is 0.188. The maximum absolute atomic E-state index is 11.7. The Kier molecular flexibility index (Phi) is 5.06. The molecule has 4 nitrogen and oxygen atoms in total. The predicted octanol–water partition coefficient (Wildman–Crippen LogP) is 3.75. The monoisotopic (exact) mass is 305 g/mol. The molecule has 21 heavy (non-hydrogen) atoms. The Morgan fingerprint density at radius 1 is 1.14 bits per heavy atom. The van der Waals surface area contributed by atoms with Crippen LogP contribution < -0.4 is 10.1 Å². The zero-order valence-electron chi connectivity index (χ0n) is 11.9. The van der Waals surface area contributed by atoms with E-state index in [1.54, 1.807) is 25.3 Å². The first-order valence-electron chi connectivity index (χ1n) is 6.40. The van der Waals surface area contributed by atoms with Gasteiger partial charge in [-0.25, -0.2) is 4.79 Å². The van der Waals surface area contributed by atoms with Gasteiger partial charge in [0.2, 0.25) is 0 Å². The lowest BCUT2D eigenvalue weighted by Crippen LogP contribution is -2.09. The highest BCUT2D eigenvalue weighted by atomic mass is 35.5. The Bertz CT molecular complexity index is 643. The molecule has 0 atom stereocenters. The molecule has 0 spiro atoms. The molecule has 2 aromatic carbocycles. The van der Waals surface area contributed by atoms with Crippen molar-refractivity contribution in [3.63, 3.8) is 0 Å². The summed E-state index contributed by atoms with van der Waals surface area (Å²) in [6.45, 7) is 0.441. The molecule has 0 bridgehead atoms. The number of esters is 1. The van der Waals surface area contributed by atoms with Gasteiger partial charge in [-0.05, 0) is 24.3 Å². The van der Waals surface area contributed by atoms with Crippen LogP contribution in [0, 0.1) is 0 Å². The van der Waals surface area contributed by atoms with E-state index in [2.05, 4.69) is 5.32 Å². The first kappa shape index (κ1) is 15.2. The van der Waals surface area contributed by atoms with Crippen LogP contribution in [0.2, 0.25) is 5.02 Å². The Balaban J connectivity index is 2.23. The van der Waals surface area contributed by atoms with Crippen molar-refractivity contribution in [3.05, 3.63) is 58.6 Å². The van der Waals surface area contributed by atoms with Gasteiger partial charge in [0.05, 0.1) is 19.8 Å². The van der Waals surface area contributed by atoms with E-state index in [0.29, 0.717) is 28.6 Å². The lowest BCUT2D eigenvalue weighted by Gasteiger charge is -2.14. The molecule has 0 aliphatic heterocycles. The minimum atomic E-state index is -0.385. The summed E-state index contributed by atoms with van der Waals surface area (Å²) in [5.41, 5.74) is 2.00. The number of benzene rings is 2.